The van der Waals surface area contributed by atoms with Crippen LogP contribution in [0, 0.1) is 0 Å². The normalized spacial score (nSPS) is 22.8. The van der Waals surface area contributed by atoms with Gasteiger partial charge >= 0.3 is 6.18 Å². The first-order chi connectivity index (χ1) is 6.97. The predicted molar refractivity (Wildman–Crippen MR) is 43.4 cm³/mol. The smallest absolute Gasteiger partial charge is 0.388 e. The van der Waals surface area contributed by atoms with Gasteiger partial charge in [0, 0.05) is 0 Å². The Balaban J connectivity index is 1.90. The molecule has 7 heteroatoms. The molecule has 0 aliphatic carbocycles. The Bertz CT molecular complexity index is 181. The van der Waals surface area contributed by atoms with Gasteiger partial charge in [-0.05, 0) is 0 Å². The lowest BCUT2D eigenvalue weighted by atomic mass is 10.4. The molecule has 0 aromatic carbocycles. The van der Waals surface area contributed by atoms with Crippen LogP contribution in [-0.2, 0) is 14.2 Å². The molecule has 0 amide bonds. The minimum Gasteiger partial charge on any atom is -0.388 e. The van der Waals surface area contributed by atoms with E-state index in [0.29, 0.717) is 13.2 Å². The molecule has 4 nitrogen and oxygen atoms in total. The maximum Gasteiger partial charge on any atom is 0.411 e. The number of ether oxygens (including phenoxy) is 3. The zero-order valence-corrected chi connectivity index (χ0v) is 8.00. The van der Waals surface area contributed by atoms with Gasteiger partial charge in [-0.1, -0.05) is 0 Å². The Morgan fingerprint density at radius 1 is 1.33 bits per heavy atom. The van der Waals surface area contributed by atoms with E-state index >= 15 is 0 Å². The monoisotopic (exact) mass is 230 g/mol. The van der Waals surface area contributed by atoms with Gasteiger partial charge in [0.2, 0.25) is 0 Å². The van der Waals surface area contributed by atoms with Crippen molar-refractivity contribution in [2.24, 2.45) is 0 Å². The second kappa shape index (κ2) is 5.64. The Kier molecular flexibility index (Phi) is 4.78. The van der Waals surface area contributed by atoms with Crippen molar-refractivity contribution in [1.82, 2.24) is 0 Å². The average Bonchev–Trinajstić information content (AvgIpc) is 2.85. The molecule has 0 radical (unpaired) electrons. The standard InChI is InChI=1S/C8H13F3O4/c9-8(10,11)5-14-2-6(12)1-13-3-7-4-15-7/h6-7,12H,1-5H2. The van der Waals surface area contributed by atoms with Crippen molar-refractivity contribution in [3.8, 4) is 0 Å². The number of epoxide rings is 1. The largest absolute Gasteiger partial charge is 0.411 e. The fourth-order valence-electron chi connectivity index (χ4n) is 0.859. The molecule has 1 aliphatic heterocycles. The molecule has 2 unspecified atom stereocenters. The molecule has 2 atom stereocenters. The fourth-order valence-corrected chi connectivity index (χ4v) is 0.859. The molecule has 1 rings (SSSR count). The Morgan fingerprint density at radius 3 is 2.47 bits per heavy atom. The molecule has 15 heavy (non-hydrogen) atoms. The Hall–Kier alpha value is -0.370. The number of hydrogen-bond acceptors (Lipinski definition) is 4. The lowest BCUT2D eigenvalue weighted by Crippen LogP contribution is -2.26. The van der Waals surface area contributed by atoms with E-state index in [0.717, 1.165) is 0 Å². The number of halogens is 3. The lowest BCUT2D eigenvalue weighted by molar-refractivity contribution is -0.180. The van der Waals surface area contributed by atoms with E-state index in [1.54, 1.807) is 0 Å². The molecule has 1 heterocycles. The number of aliphatic hydroxyl groups is 1. The summed E-state index contributed by atoms with van der Waals surface area (Å²) < 4.78 is 48.9. The van der Waals surface area contributed by atoms with Gasteiger partial charge in [-0.2, -0.15) is 13.2 Å². The highest BCUT2D eigenvalue weighted by atomic mass is 19.4. The third-order valence-corrected chi connectivity index (χ3v) is 1.59. The third kappa shape index (κ3) is 7.55. The number of alkyl halides is 3. The van der Waals surface area contributed by atoms with Crippen LogP contribution in [0.15, 0.2) is 0 Å². The molecular formula is C8H13F3O4. The van der Waals surface area contributed by atoms with Gasteiger partial charge < -0.3 is 19.3 Å². The van der Waals surface area contributed by atoms with Crippen molar-refractivity contribution in [2.45, 2.75) is 18.4 Å². The molecule has 1 aliphatic rings. The van der Waals surface area contributed by atoms with Crippen LogP contribution < -0.4 is 0 Å². The maximum atomic E-state index is 11.6. The second-order valence-corrected chi connectivity index (χ2v) is 3.28. The van der Waals surface area contributed by atoms with Crippen LogP contribution in [-0.4, -0.2) is 56.5 Å². The van der Waals surface area contributed by atoms with Crippen LogP contribution >= 0.6 is 0 Å². The molecule has 1 N–H and O–H groups in total. The predicted octanol–water partition coefficient (Wildman–Crippen LogP) is 0.342. The van der Waals surface area contributed by atoms with Crippen LogP contribution in [0.2, 0.25) is 0 Å². The Morgan fingerprint density at radius 2 is 1.93 bits per heavy atom. The highest BCUT2D eigenvalue weighted by Crippen LogP contribution is 2.14. The van der Waals surface area contributed by atoms with Crippen LogP contribution in [0.5, 0.6) is 0 Å². The molecule has 0 aromatic rings. The molecular weight excluding hydrogens is 217 g/mol. The van der Waals surface area contributed by atoms with E-state index < -0.39 is 18.9 Å². The van der Waals surface area contributed by atoms with Crippen molar-refractivity contribution < 1.29 is 32.5 Å². The average molecular weight is 230 g/mol. The summed E-state index contributed by atoms with van der Waals surface area (Å²) in [5.41, 5.74) is 0. The summed E-state index contributed by atoms with van der Waals surface area (Å²) in [6.07, 6.45) is -5.32. The molecule has 0 spiro atoms. The molecule has 1 saturated heterocycles. The van der Waals surface area contributed by atoms with Gasteiger partial charge in [0.1, 0.15) is 18.8 Å². The minimum atomic E-state index is -4.36. The quantitative estimate of drug-likeness (QED) is 0.641. The fraction of sp³-hybridized carbons (Fsp3) is 1.00. The van der Waals surface area contributed by atoms with Crippen molar-refractivity contribution in [1.29, 1.82) is 0 Å². The van der Waals surface area contributed by atoms with Crippen LogP contribution in [0.4, 0.5) is 13.2 Å². The van der Waals surface area contributed by atoms with E-state index in [2.05, 4.69) is 4.74 Å². The van der Waals surface area contributed by atoms with Gasteiger partial charge in [0.05, 0.1) is 26.4 Å². The topological polar surface area (TPSA) is 51.2 Å². The van der Waals surface area contributed by atoms with Crippen LogP contribution in [0.25, 0.3) is 0 Å². The van der Waals surface area contributed by atoms with Crippen molar-refractivity contribution >= 4 is 0 Å². The molecule has 0 saturated carbocycles. The summed E-state index contributed by atoms with van der Waals surface area (Å²) in [5.74, 6) is 0. The van der Waals surface area contributed by atoms with Crippen molar-refractivity contribution in [3.05, 3.63) is 0 Å². The first-order valence-corrected chi connectivity index (χ1v) is 4.49. The minimum absolute atomic E-state index is 0.0439. The third-order valence-electron chi connectivity index (χ3n) is 1.59. The molecule has 0 aromatic heterocycles. The number of aliphatic hydroxyl groups excluding tert-OH is 1. The SMILES string of the molecule is OC(COCC1CO1)COCC(F)(F)F. The molecule has 0 bridgehead atoms. The summed E-state index contributed by atoms with van der Waals surface area (Å²) in [6.45, 7) is -0.782. The highest BCUT2D eigenvalue weighted by Gasteiger charge is 2.28. The first kappa shape index (κ1) is 12.7. The Labute approximate surface area is 84.9 Å². The lowest BCUT2D eigenvalue weighted by Gasteiger charge is -2.12. The summed E-state index contributed by atoms with van der Waals surface area (Å²) in [7, 11) is 0. The van der Waals surface area contributed by atoms with Crippen molar-refractivity contribution in [2.75, 3.05) is 33.0 Å². The number of hydrogen-bond donors (Lipinski definition) is 1. The molecule has 90 valence electrons. The second-order valence-electron chi connectivity index (χ2n) is 3.28. The number of rotatable bonds is 7. The van der Waals surface area contributed by atoms with E-state index in [-0.39, 0.29) is 19.3 Å². The van der Waals surface area contributed by atoms with E-state index in [4.69, 9.17) is 14.6 Å². The van der Waals surface area contributed by atoms with Gasteiger partial charge in [-0.25, -0.2) is 0 Å². The summed E-state index contributed by atoms with van der Waals surface area (Å²) in [6, 6.07) is 0. The zero-order valence-electron chi connectivity index (χ0n) is 8.00. The van der Waals surface area contributed by atoms with Gasteiger partial charge in [-0.15, -0.1) is 0 Å². The highest BCUT2D eigenvalue weighted by molar-refractivity contribution is 4.67. The van der Waals surface area contributed by atoms with Crippen LogP contribution in [0.3, 0.4) is 0 Å². The molecule has 1 fully saturated rings. The zero-order chi connectivity index (χ0) is 11.3. The summed E-state index contributed by atoms with van der Waals surface area (Å²) in [4.78, 5) is 0. The maximum absolute atomic E-state index is 11.6. The van der Waals surface area contributed by atoms with E-state index in [9.17, 15) is 13.2 Å². The van der Waals surface area contributed by atoms with Crippen molar-refractivity contribution in [3.63, 3.8) is 0 Å². The van der Waals surface area contributed by atoms with E-state index in [1.165, 1.54) is 0 Å². The first-order valence-electron chi connectivity index (χ1n) is 4.49. The van der Waals surface area contributed by atoms with Gasteiger partial charge in [0.25, 0.3) is 0 Å². The van der Waals surface area contributed by atoms with Gasteiger partial charge in [-0.3, -0.25) is 0 Å². The summed E-state index contributed by atoms with van der Waals surface area (Å²) in [5, 5.41) is 9.12. The van der Waals surface area contributed by atoms with Crippen LogP contribution in [0.1, 0.15) is 0 Å². The van der Waals surface area contributed by atoms with Gasteiger partial charge in [0.15, 0.2) is 0 Å². The van der Waals surface area contributed by atoms with E-state index in [1.807, 2.05) is 0 Å². The summed E-state index contributed by atoms with van der Waals surface area (Å²) >= 11 is 0.